The van der Waals surface area contributed by atoms with Crippen LogP contribution in [0, 0.1) is 18.7 Å². The summed E-state index contributed by atoms with van der Waals surface area (Å²) in [5.74, 6) is 0.230. The molecule has 1 saturated heterocycles. The zero-order valence-corrected chi connectivity index (χ0v) is 18.8. The van der Waals surface area contributed by atoms with Crippen LogP contribution in [0.25, 0.3) is 5.69 Å². The minimum absolute atomic E-state index is 0.114. The maximum Gasteiger partial charge on any atom is 0.410 e. The van der Waals surface area contributed by atoms with Crippen molar-refractivity contribution in [3.8, 4) is 5.69 Å². The third kappa shape index (κ3) is 5.80. The molecule has 1 aromatic heterocycles. The van der Waals surface area contributed by atoms with E-state index in [-0.39, 0.29) is 29.6 Å². The van der Waals surface area contributed by atoms with Gasteiger partial charge in [0, 0.05) is 26.7 Å². The van der Waals surface area contributed by atoms with Crippen molar-refractivity contribution < 1.29 is 18.7 Å². The lowest BCUT2D eigenvalue weighted by Gasteiger charge is -2.34. The van der Waals surface area contributed by atoms with Crippen molar-refractivity contribution in [2.75, 3.05) is 26.7 Å². The second-order valence-electron chi connectivity index (χ2n) is 8.99. The number of halogens is 1. The molecule has 0 bridgehead atoms. The predicted octanol–water partition coefficient (Wildman–Crippen LogP) is 3.43. The van der Waals surface area contributed by atoms with Crippen molar-refractivity contribution in [3.63, 3.8) is 0 Å². The second-order valence-corrected chi connectivity index (χ2v) is 8.99. The molecule has 1 aliphatic heterocycles. The Morgan fingerprint density at radius 1 is 1.26 bits per heavy atom. The van der Waals surface area contributed by atoms with E-state index in [1.807, 2.05) is 20.8 Å². The molecule has 3 rings (SSSR count). The van der Waals surface area contributed by atoms with Gasteiger partial charge in [-0.1, -0.05) is 0 Å². The summed E-state index contributed by atoms with van der Waals surface area (Å²) in [6, 6.07) is 5.87. The fourth-order valence-electron chi connectivity index (χ4n) is 3.65. The molecule has 2 aromatic rings. The van der Waals surface area contributed by atoms with Crippen molar-refractivity contribution in [1.82, 2.24) is 24.6 Å². The third-order valence-corrected chi connectivity index (χ3v) is 5.07. The Hall–Kier alpha value is -2.97. The summed E-state index contributed by atoms with van der Waals surface area (Å²) in [5.41, 5.74) is 0.0910. The van der Waals surface area contributed by atoms with E-state index < -0.39 is 5.60 Å². The van der Waals surface area contributed by atoms with E-state index in [0.29, 0.717) is 31.1 Å². The summed E-state index contributed by atoms with van der Waals surface area (Å²) < 4.78 is 20.1. The van der Waals surface area contributed by atoms with Crippen molar-refractivity contribution in [2.45, 2.75) is 46.1 Å². The highest BCUT2D eigenvalue weighted by Gasteiger charge is 2.29. The zero-order chi connectivity index (χ0) is 22.8. The van der Waals surface area contributed by atoms with Gasteiger partial charge < -0.3 is 14.5 Å². The Morgan fingerprint density at radius 3 is 2.58 bits per heavy atom. The van der Waals surface area contributed by atoms with Crippen LogP contribution < -0.4 is 0 Å². The quantitative estimate of drug-likeness (QED) is 0.741. The van der Waals surface area contributed by atoms with Gasteiger partial charge in [0.25, 0.3) is 5.91 Å². The molecule has 168 valence electrons. The van der Waals surface area contributed by atoms with Gasteiger partial charge >= 0.3 is 6.09 Å². The summed E-state index contributed by atoms with van der Waals surface area (Å²) in [5, 5.41) is 4.35. The van der Waals surface area contributed by atoms with Gasteiger partial charge in [0.15, 0.2) is 0 Å². The van der Waals surface area contributed by atoms with Gasteiger partial charge in [-0.05, 0) is 70.7 Å². The Labute approximate surface area is 182 Å². The van der Waals surface area contributed by atoms with Crippen LogP contribution in [0.3, 0.4) is 0 Å². The summed E-state index contributed by atoms with van der Waals surface area (Å²) in [6.07, 6.45) is 1.40. The molecular formula is C22H30FN5O3. The number of benzene rings is 1. The summed E-state index contributed by atoms with van der Waals surface area (Å²) >= 11 is 0. The Bertz CT molecular complexity index is 936. The maximum atomic E-state index is 13.2. The number of nitrogens with zero attached hydrogens (tertiary/aromatic N) is 5. The second kappa shape index (κ2) is 9.03. The normalized spacial score (nSPS) is 16.8. The van der Waals surface area contributed by atoms with Crippen LogP contribution in [0.2, 0.25) is 0 Å². The number of likely N-dealkylation sites (tertiary alicyclic amines) is 1. The molecular weight excluding hydrogens is 401 g/mol. The van der Waals surface area contributed by atoms with E-state index in [4.69, 9.17) is 4.74 Å². The summed E-state index contributed by atoms with van der Waals surface area (Å²) in [6.45, 7) is 8.91. The van der Waals surface area contributed by atoms with Crippen LogP contribution in [0.1, 0.15) is 50.1 Å². The highest BCUT2D eigenvalue weighted by atomic mass is 19.1. The molecule has 1 fully saturated rings. The molecule has 0 spiro atoms. The lowest BCUT2D eigenvalue weighted by atomic mass is 9.97. The third-order valence-electron chi connectivity index (χ3n) is 5.07. The van der Waals surface area contributed by atoms with Gasteiger partial charge in [-0.25, -0.2) is 18.9 Å². The average Bonchev–Trinajstić information content (AvgIpc) is 3.08. The number of aromatic nitrogens is 3. The number of piperidine rings is 1. The fourth-order valence-corrected chi connectivity index (χ4v) is 3.65. The van der Waals surface area contributed by atoms with E-state index in [0.717, 1.165) is 12.8 Å². The van der Waals surface area contributed by atoms with Gasteiger partial charge in [0.05, 0.1) is 5.69 Å². The number of carbonyl (C=O) groups excluding carboxylic acids is 2. The van der Waals surface area contributed by atoms with E-state index in [9.17, 15) is 14.0 Å². The highest BCUT2D eigenvalue weighted by molar-refractivity contribution is 5.90. The Morgan fingerprint density at radius 2 is 1.94 bits per heavy atom. The summed E-state index contributed by atoms with van der Waals surface area (Å²) in [4.78, 5) is 32.9. The lowest BCUT2D eigenvalue weighted by Crippen LogP contribution is -2.45. The molecule has 8 nitrogen and oxygen atoms in total. The topological polar surface area (TPSA) is 80.6 Å². The van der Waals surface area contributed by atoms with Gasteiger partial charge in [0.2, 0.25) is 5.82 Å². The van der Waals surface area contributed by atoms with Crippen molar-refractivity contribution >= 4 is 12.0 Å². The first-order valence-corrected chi connectivity index (χ1v) is 10.5. The minimum Gasteiger partial charge on any atom is -0.444 e. The number of ether oxygens (including phenoxy) is 1. The largest absolute Gasteiger partial charge is 0.444 e. The lowest BCUT2D eigenvalue weighted by molar-refractivity contribution is 0.0243. The number of hydrogen-bond donors (Lipinski definition) is 0. The van der Waals surface area contributed by atoms with E-state index in [1.165, 1.54) is 16.8 Å². The number of hydrogen-bond acceptors (Lipinski definition) is 5. The monoisotopic (exact) mass is 431 g/mol. The molecule has 1 aromatic carbocycles. The first-order chi connectivity index (χ1) is 14.5. The molecule has 1 aliphatic rings. The maximum absolute atomic E-state index is 13.2. The molecule has 0 radical (unpaired) electrons. The smallest absolute Gasteiger partial charge is 0.410 e. The molecule has 0 aliphatic carbocycles. The molecule has 1 unspecified atom stereocenters. The molecule has 2 heterocycles. The van der Waals surface area contributed by atoms with Crippen molar-refractivity contribution in [2.24, 2.45) is 5.92 Å². The van der Waals surface area contributed by atoms with Crippen LogP contribution in [-0.2, 0) is 4.74 Å². The van der Waals surface area contributed by atoms with Crippen LogP contribution in [-0.4, -0.2) is 68.8 Å². The van der Waals surface area contributed by atoms with Gasteiger partial charge in [-0.3, -0.25) is 4.79 Å². The van der Waals surface area contributed by atoms with Crippen LogP contribution >= 0.6 is 0 Å². The van der Waals surface area contributed by atoms with E-state index in [2.05, 4.69) is 10.1 Å². The SMILES string of the molecule is Cc1nc(C(=O)N2CCCC(CN(C)C(=O)OC(C)(C)C)C2)nn1-c1ccc(F)cc1. The number of carbonyl (C=O) groups is 2. The molecule has 0 N–H and O–H groups in total. The van der Waals surface area contributed by atoms with Crippen molar-refractivity contribution in [1.29, 1.82) is 0 Å². The molecule has 2 amide bonds. The number of rotatable bonds is 4. The first kappa shape index (κ1) is 22.7. The van der Waals surface area contributed by atoms with Crippen molar-refractivity contribution in [3.05, 3.63) is 41.7 Å². The van der Waals surface area contributed by atoms with Crippen LogP contribution in [0.4, 0.5) is 9.18 Å². The van der Waals surface area contributed by atoms with Gasteiger partial charge in [-0.15, -0.1) is 5.10 Å². The molecule has 1 atom stereocenters. The molecule has 9 heteroatoms. The van der Waals surface area contributed by atoms with Crippen LogP contribution in [0.15, 0.2) is 24.3 Å². The van der Waals surface area contributed by atoms with Gasteiger partial charge in [0.1, 0.15) is 17.2 Å². The number of aryl methyl sites for hydroxylation is 1. The zero-order valence-electron chi connectivity index (χ0n) is 18.8. The Kier molecular flexibility index (Phi) is 6.62. The molecule has 0 saturated carbocycles. The van der Waals surface area contributed by atoms with E-state index >= 15 is 0 Å². The fraction of sp³-hybridized carbons (Fsp3) is 0.545. The van der Waals surface area contributed by atoms with Gasteiger partial charge in [-0.2, -0.15) is 0 Å². The Balaban J connectivity index is 1.65. The van der Waals surface area contributed by atoms with E-state index in [1.54, 1.807) is 35.9 Å². The predicted molar refractivity (Wildman–Crippen MR) is 114 cm³/mol. The summed E-state index contributed by atoms with van der Waals surface area (Å²) in [7, 11) is 1.71. The average molecular weight is 432 g/mol. The minimum atomic E-state index is -0.549. The molecule has 31 heavy (non-hydrogen) atoms. The first-order valence-electron chi connectivity index (χ1n) is 10.5. The standard InChI is InChI=1S/C22H30FN5O3/c1-15-24-19(25-28(15)18-10-8-17(23)9-11-18)20(29)27-12-6-7-16(14-27)13-26(5)21(30)31-22(2,3)4/h8-11,16H,6-7,12-14H2,1-5H3. The highest BCUT2D eigenvalue weighted by Crippen LogP contribution is 2.20. The van der Waals surface area contributed by atoms with Crippen LogP contribution in [0.5, 0.6) is 0 Å². The number of amides is 2.